The monoisotopic (exact) mass is 226 g/mol. The van der Waals surface area contributed by atoms with Gasteiger partial charge in [0.1, 0.15) is 5.75 Å². The molecule has 0 aromatic heterocycles. The van der Waals surface area contributed by atoms with Gasteiger partial charge in [-0.2, -0.15) is 0 Å². The van der Waals surface area contributed by atoms with E-state index in [4.69, 9.17) is 4.74 Å². The van der Waals surface area contributed by atoms with Gasteiger partial charge in [-0.3, -0.25) is 0 Å². The van der Waals surface area contributed by atoms with Crippen molar-refractivity contribution in [1.82, 2.24) is 0 Å². The van der Waals surface area contributed by atoms with E-state index in [-0.39, 0.29) is 5.97 Å². The summed E-state index contributed by atoms with van der Waals surface area (Å²) in [6.45, 7) is 3.86. The van der Waals surface area contributed by atoms with Gasteiger partial charge in [0.15, 0.2) is 0 Å². The third-order valence-corrected chi connectivity index (χ3v) is 2.55. The van der Waals surface area contributed by atoms with Crippen molar-refractivity contribution in [1.29, 1.82) is 0 Å². The zero-order valence-corrected chi connectivity index (χ0v) is 9.94. The van der Waals surface area contributed by atoms with Gasteiger partial charge in [0.25, 0.3) is 0 Å². The topological polar surface area (TPSA) is 26.3 Å². The van der Waals surface area contributed by atoms with Crippen LogP contribution < -0.4 is 4.74 Å². The minimum Gasteiger partial charge on any atom is -0.423 e. The van der Waals surface area contributed by atoms with Gasteiger partial charge in [-0.1, -0.05) is 35.9 Å². The van der Waals surface area contributed by atoms with Crippen molar-refractivity contribution in [2.45, 2.75) is 13.8 Å². The van der Waals surface area contributed by atoms with E-state index >= 15 is 0 Å². The van der Waals surface area contributed by atoms with Crippen LogP contribution in [0.25, 0.3) is 0 Å². The first kappa shape index (κ1) is 11.4. The maximum atomic E-state index is 11.9. The molecule has 0 spiro atoms. The van der Waals surface area contributed by atoms with Crippen molar-refractivity contribution >= 4 is 5.97 Å². The van der Waals surface area contributed by atoms with Gasteiger partial charge in [0.2, 0.25) is 0 Å². The molecule has 0 saturated heterocycles. The van der Waals surface area contributed by atoms with E-state index in [1.165, 1.54) is 0 Å². The van der Waals surface area contributed by atoms with Crippen LogP contribution in [0.1, 0.15) is 21.5 Å². The van der Waals surface area contributed by atoms with Crippen LogP contribution in [0.15, 0.2) is 48.5 Å². The molecule has 0 aliphatic carbocycles. The molecule has 0 aliphatic rings. The summed E-state index contributed by atoms with van der Waals surface area (Å²) in [7, 11) is 0. The molecule has 0 N–H and O–H groups in total. The molecule has 0 atom stereocenters. The second-order valence-electron chi connectivity index (χ2n) is 4.02. The number of aryl methyl sites for hydroxylation is 2. The van der Waals surface area contributed by atoms with Gasteiger partial charge in [0.05, 0.1) is 5.56 Å². The highest BCUT2D eigenvalue weighted by atomic mass is 16.5. The Bertz CT molecular complexity index is 544. The summed E-state index contributed by atoms with van der Waals surface area (Å²) < 4.78 is 5.35. The molecule has 0 amide bonds. The van der Waals surface area contributed by atoms with Gasteiger partial charge in [-0.15, -0.1) is 0 Å². The fourth-order valence-electron chi connectivity index (χ4n) is 1.60. The van der Waals surface area contributed by atoms with E-state index < -0.39 is 0 Å². The Labute approximate surface area is 101 Å². The summed E-state index contributed by atoms with van der Waals surface area (Å²) in [4.78, 5) is 11.9. The summed E-state index contributed by atoms with van der Waals surface area (Å²) >= 11 is 0. The quantitative estimate of drug-likeness (QED) is 0.578. The predicted molar refractivity (Wildman–Crippen MR) is 67.3 cm³/mol. The molecule has 0 bridgehead atoms. The van der Waals surface area contributed by atoms with Crippen molar-refractivity contribution in [3.8, 4) is 5.75 Å². The zero-order chi connectivity index (χ0) is 12.3. The molecule has 2 aromatic rings. The minimum atomic E-state index is -0.317. The van der Waals surface area contributed by atoms with Crippen molar-refractivity contribution in [3.05, 3.63) is 65.2 Å². The Morgan fingerprint density at radius 2 is 1.76 bits per heavy atom. The molecule has 0 saturated carbocycles. The second kappa shape index (κ2) is 4.83. The molecular formula is C15H14O2. The molecule has 0 heterocycles. The lowest BCUT2D eigenvalue weighted by molar-refractivity contribution is 0.0733. The van der Waals surface area contributed by atoms with Crippen LogP contribution in [-0.2, 0) is 0 Å². The van der Waals surface area contributed by atoms with Crippen LogP contribution in [0.2, 0.25) is 0 Å². The molecular weight excluding hydrogens is 212 g/mol. The average molecular weight is 226 g/mol. The zero-order valence-electron chi connectivity index (χ0n) is 9.94. The lowest BCUT2D eigenvalue weighted by Gasteiger charge is -2.07. The largest absolute Gasteiger partial charge is 0.423 e. The summed E-state index contributed by atoms with van der Waals surface area (Å²) in [6, 6.07) is 14.9. The molecule has 0 unspecified atom stereocenters. The lowest BCUT2D eigenvalue weighted by Crippen LogP contribution is -2.09. The third kappa shape index (κ3) is 2.72. The molecule has 0 radical (unpaired) electrons. The van der Waals surface area contributed by atoms with Crippen LogP contribution in [0, 0.1) is 13.8 Å². The summed E-state index contributed by atoms with van der Waals surface area (Å²) in [5, 5.41) is 0. The molecule has 2 nitrogen and oxygen atoms in total. The Kier molecular flexibility index (Phi) is 3.24. The molecule has 86 valence electrons. The number of benzene rings is 2. The highest BCUT2D eigenvalue weighted by molar-refractivity contribution is 5.91. The summed E-state index contributed by atoms with van der Waals surface area (Å²) in [6.07, 6.45) is 0. The van der Waals surface area contributed by atoms with E-state index in [9.17, 15) is 4.79 Å². The number of hydrogen-bond acceptors (Lipinski definition) is 2. The Morgan fingerprint density at radius 3 is 2.47 bits per heavy atom. The number of esters is 1. The Balaban J connectivity index is 2.20. The first-order chi connectivity index (χ1) is 8.16. The Morgan fingerprint density at radius 1 is 1.00 bits per heavy atom. The molecule has 0 fully saturated rings. The maximum Gasteiger partial charge on any atom is 0.343 e. The number of ether oxygens (including phenoxy) is 1. The van der Waals surface area contributed by atoms with Crippen LogP contribution >= 0.6 is 0 Å². The Hall–Kier alpha value is -2.09. The van der Waals surface area contributed by atoms with Crippen molar-refractivity contribution in [2.75, 3.05) is 0 Å². The normalized spacial score (nSPS) is 10.0. The van der Waals surface area contributed by atoms with E-state index in [0.717, 1.165) is 11.1 Å². The smallest absolute Gasteiger partial charge is 0.343 e. The lowest BCUT2D eigenvalue weighted by atomic mass is 10.1. The fourth-order valence-corrected chi connectivity index (χ4v) is 1.60. The fraction of sp³-hybridized carbons (Fsp3) is 0.133. The van der Waals surface area contributed by atoms with E-state index in [0.29, 0.717) is 11.3 Å². The number of hydrogen-bond donors (Lipinski definition) is 0. The maximum absolute atomic E-state index is 11.9. The van der Waals surface area contributed by atoms with Crippen LogP contribution in [0.4, 0.5) is 0 Å². The highest BCUT2D eigenvalue weighted by Gasteiger charge is 2.09. The standard InChI is InChI=1S/C15H14O2/c1-11-6-5-8-13(10-11)15(16)17-14-9-4-3-7-12(14)2/h3-10H,1-2H3. The van der Waals surface area contributed by atoms with E-state index in [1.807, 2.05) is 50.2 Å². The first-order valence-electron chi connectivity index (χ1n) is 5.51. The molecule has 17 heavy (non-hydrogen) atoms. The first-order valence-corrected chi connectivity index (χ1v) is 5.51. The van der Waals surface area contributed by atoms with Crippen molar-refractivity contribution in [2.24, 2.45) is 0 Å². The van der Waals surface area contributed by atoms with Crippen LogP contribution in [0.5, 0.6) is 5.75 Å². The van der Waals surface area contributed by atoms with Crippen molar-refractivity contribution < 1.29 is 9.53 Å². The molecule has 0 aliphatic heterocycles. The van der Waals surface area contributed by atoms with Crippen LogP contribution in [0.3, 0.4) is 0 Å². The van der Waals surface area contributed by atoms with Gasteiger partial charge in [-0.25, -0.2) is 4.79 Å². The summed E-state index contributed by atoms with van der Waals surface area (Å²) in [5.74, 6) is 0.294. The average Bonchev–Trinajstić information content (AvgIpc) is 2.32. The van der Waals surface area contributed by atoms with Gasteiger partial charge in [-0.05, 0) is 37.6 Å². The second-order valence-corrected chi connectivity index (χ2v) is 4.02. The number of rotatable bonds is 2. The minimum absolute atomic E-state index is 0.317. The number of carbonyl (C=O) groups is 1. The van der Waals surface area contributed by atoms with Crippen LogP contribution in [-0.4, -0.2) is 5.97 Å². The van der Waals surface area contributed by atoms with Gasteiger partial charge >= 0.3 is 5.97 Å². The van der Waals surface area contributed by atoms with Gasteiger partial charge in [0, 0.05) is 0 Å². The van der Waals surface area contributed by atoms with Gasteiger partial charge < -0.3 is 4.74 Å². The molecule has 2 rings (SSSR count). The number of carbonyl (C=O) groups excluding carboxylic acids is 1. The molecule has 2 aromatic carbocycles. The molecule has 2 heteroatoms. The van der Waals surface area contributed by atoms with E-state index in [2.05, 4.69) is 0 Å². The highest BCUT2D eigenvalue weighted by Crippen LogP contribution is 2.18. The number of para-hydroxylation sites is 1. The third-order valence-electron chi connectivity index (χ3n) is 2.55. The summed E-state index contributed by atoms with van der Waals surface area (Å²) in [5.41, 5.74) is 2.57. The SMILES string of the molecule is Cc1cccc(C(=O)Oc2ccccc2C)c1. The predicted octanol–water partition coefficient (Wildman–Crippen LogP) is 3.52. The van der Waals surface area contributed by atoms with Crippen molar-refractivity contribution in [3.63, 3.8) is 0 Å². The van der Waals surface area contributed by atoms with E-state index in [1.54, 1.807) is 12.1 Å².